The second-order valence-corrected chi connectivity index (χ2v) is 7.11. The molecule has 0 fully saturated rings. The fourth-order valence-corrected chi connectivity index (χ4v) is 2.50. The molecule has 0 radical (unpaired) electrons. The Kier molecular flexibility index (Phi) is 7.81. The van der Waals surface area contributed by atoms with Crippen LogP contribution in [0.5, 0.6) is 5.75 Å². The molecule has 0 unspecified atom stereocenters. The van der Waals surface area contributed by atoms with Crippen molar-refractivity contribution in [1.29, 1.82) is 0 Å². The molecule has 0 aliphatic rings. The minimum absolute atomic E-state index is 0.194. The summed E-state index contributed by atoms with van der Waals surface area (Å²) in [5.41, 5.74) is 2.71. The average molecular weight is 380 g/mol. The van der Waals surface area contributed by atoms with Gasteiger partial charge in [-0.25, -0.2) is 0 Å². The van der Waals surface area contributed by atoms with Gasteiger partial charge in [-0.05, 0) is 60.7 Å². The fourth-order valence-electron chi connectivity index (χ4n) is 2.50. The van der Waals surface area contributed by atoms with E-state index in [9.17, 15) is 9.59 Å². The number of hydrogen-bond acceptors (Lipinski definition) is 3. The third kappa shape index (κ3) is 6.91. The second-order valence-electron chi connectivity index (χ2n) is 7.11. The third-order valence-electron chi connectivity index (χ3n) is 4.12. The Morgan fingerprint density at radius 1 is 1.07 bits per heavy atom. The molecule has 2 aromatic rings. The normalized spacial score (nSPS) is 11.2. The lowest BCUT2D eigenvalue weighted by molar-refractivity contribution is -0.120. The molecule has 148 valence electrons. The van der Waals surface area contributed by atoms with Crippen molar-refractivity contribution in [1.82, 2.24) is 5.32 Å². The summed E-state index contributed by atoms with van der Waals surface area (Å²) in [5.74, 6) is 0.665. The highest BCUT2D eigenvalue weighted by atomic mass is 16.5. The molecule has 28 heavy (non-hydrogen) atoms. The summed E-state index contributed by atoms with van der Waals surface area (Å²) in [6.07, 6.45) is 2.66. The first-order valence-corrected chi connectivity index (χ1v) is 9.44. The summed E-state index contributed by atoms with van der Waals surface area (Å²) < 4.78 is 5.69. The van der Waals surface area contributed by atoms with Gasteiger partial charge in [0, 0.05) is 12.6 Å². The zero-order chi connectivity index (χ0) is 20.5. The molecule has 2 rings (SSSR count). The molecule has 2 amide bonds. The Morgan fingerprint density at radius 3 is 2.36 bits per heavy atom. The van der Waals surface area contributed by atoms with Crippen LogP contribution in [0, 0.1) is 12.8 Å². The molecule has 2 aromatic carbocycles. The lowest BCUT2D eigenvalue weighted by atomic mass is 10.1. The highest BCUT2D eigenvalue weighted by molar-refractivity contribution is 6.08. The minimum atomic E-state index is -0.382. The zero-order valence-electron chi connectivity index (χ0n) is 16.9. The summed E-state index contributed by atoms with van der Waals surface area (Å²) in [7, 11) is 0. The van der Waals surface area contributed by atoms with Crippen molar-refractivity contribution >= 4 is 23.6 Å². The summed E-state index contributed by atoms with van der Waals surface area (Å²) in [6.45, 7) is 8.29. The van der Waals surface area contributed by atoms with Gasteiger partial charge in [-0.15, -0.1) is 0 Å². The number of carbonyl (C=O) groups is 2. The van der Waals surface area contributed by atoms with Gasteiger partial charge >= 0.3 is 0 Å². The van der Waals surface area contributed by atoms with E-state index in [4.69, 9.17) is 4.74 Å². The summed E-state index contributed by atoms with van der Waals surface area (Å²) in [4.78, 5) is 24.2. The SMILES string of the molecule is CC(=O)NC(=Cc1ccccc1C)C(=O)Nc1ccc(OCCC(C)C)cc1. The van der Waals surface area contributed by atoms with Gasteiger partial charge in [0.25, 0.3) is 5.91 Å². The molecule has 0 spiro atoms. The molecule has 0 bridgehead atoms. The van der Waals surface area contributed by atoms with Crippen molar-refractivity contribution in [2.75, 3.05) is 11.9 Å². The minimum Gasteiger partial charge on any atom is -0.494 e. The van der Waals surface area contributed by atoms with Gasteiger partial charge in [0.15, 0.2) is 0 Å². The van der Waals surface area contributed by atoms with Crippen LogP contribution in [0.3, 0.4) is 0 Å². The molecule has 0 saturated heterocycles. The van der Waals surface area contributed by atoms with E-state index in [2.05, 4.69) is 24.5 Å². The topological polar surface area (TPSA) is 67.4 Å². The van der Waals surface area contributed by atoms with Crippen LogP contribution in [0.4, 0.5) is 5.69 Å². The lowest BCUT2D eigenvalue weighted by Crippen LogP contribution is -2.29. The highest BCUT2D eigenvalue weighted by Crippen LogP contribution is 2.18. The van der Waals surface area contributed by atoms with Crippen molar-refractivity contribution in [3.63, 3.8) is 0 Å². The standard InChI is InChI=1S/C23H28N2O3/c1-16(2)13-14-28-21-11-9-20(10-12-21)25-23(27)22(24-18(4)26)15-19-8-6-5-7-17(19)3/h5-12,15-16H,13-14H2,1-4H3,(H,24,26)(H,25,27). The molecule has 0 heterocycles. The maximum absolute atomic E-state index is 12.7. The Labute approximate surface area is 166 Å². The van der Waals surface area contributed by atoms with Crippen LogP contribution in [0.1, 0.15) is 38.3 Å². The van der Waals surface area contributed by atoms with Crippen LogP contribution < -0.4 is 15.4 Å². The maximum atomic E-state index is 12.7. The van der Waals surface area contributed by atoms with E-state index < -0.39 is 0 Å². The Morgan fingerprint density at radius 2 is 1.75 bits per heavy atom. The number of aryl methyl sites for hydroxylation is 1. The van der Waals surface area contributed by atoms with Crippen molar-refractivity contribution in [2.45, 2.75) is 34.1 Å². The van der Waals surface area contributed by atoms with Crippen molar-refractivity contribution in [3.8, 4) is 5.75 Å². The predicted octanol–water partition coefficient (Wildman–Crippen LogP) is 4.54. The Balaban J connectivity index is 2.09. The van der Waals surface area contributed by atoms with E-state index >= 15 is 0 Å². The second kappa shape index (κ2) is 10.3. The first-order valence-electron chi connectivity index (χ1n) is 9.44. The molecule has 0 atom stereocenters. The number of hydrogen-bond donors (Lipinski definition) is 2. The smallest absolute Gasteiger partial charge is 0.272 e. The molecule has 0 saturated carbocycles. The van der Waals surface area contributed by atoms with E-state index in [1.165, 1.54) is 6.92 Å². The molecule has 0 aliphatic heterocycles. The number of ether oxygens (including phenoxy) is 1. The Bertz CT molecular complexity index is 839. The van der Waals surface area contributed by atoms with Crippen LogP contribution in [0.2, 0.25) is 0 Å². The quantitative estimate of drug-likeness (QED) is 0.661. The largest absolute Gasteiger partial charge is 0.494 e. The average Bonchev–Trinajstić information content (AvgIpc) is 2.63. The van der Waals surface area contributed by atoms with E-state index in [0.29, 0.717) is 18.2 Å². The number of benzene rings is 2. The van der Waals surface area contributed by atoms with E-state index in [1.807, 2.05) is 43.3 Å². The van der Waals surface area contributed by atoms with Gasteiger partial charge in [0.2, 0.25) is 5.91 Å². The molecule has 2 N–H and O–H groups in total. The molecular formula is C23H28N2O3. The van der Waals surface area contributed by atoms with Gasteiger partial charge in [0.05, 0.1) is 6.61 Å². The molecule has 5 heteroatoms. The van der Waals surface area contributed by atoms with Gasteiger partial charge in [0.1, 0.15) is 11.4 Å². The summed E-state index contributed by atoms with van der Waals surface area (Å²) in [5, 5.41) is 5.42. The lowest BCUT2D eigenvalue weighted by Gasteiger charge is -2.12. The fraction of sp³-hybridized carbons (Fsp3) is 0.304. The summed E-state index contributed by atoms with van der Waals surface area (Å²) in [6, 6.07) is 14.9. The third-order valence-corrected chi connectivity index (χ3v) is 4.12. The molecular weight excluding hydrogens is 352 g/mol. The monoisotopic (exact) mass is 380 g/mol. The van der Waals surface area contributed by atoms with Crippen molar-refractivity contribution in [3.05, 3.63) is 65.4 Å². The molecule has 5 nitrogen and oxygen atoms in total. The predicted molar refractivity (Wildman–Crippen MR) is 113 cm³/mol. The van der Waals surface area contributed by atoms with Crippen LogP contribution in [0.25, 0.3) is 6.08 Å². The number of nitrogens with one attached hydrogen (secondary N) is 2. The molecule has 0 aliphatic carbocycles. The van der Waals surface area contributed by atoms with E-state index in [-0.39, 0.29) is 17.5 Å². The first kappa shape index (κ1) is 21.2. The van der Waals surface area contributed by atoms with Crippen LogP contribution in [-0.2, 0) is 9.59 Å². The van der Waals surface area contributed by atoms with E-state index in [1.54, 1.807) is 18.2 Å². The van der Waals surface area contributed by atoms with Gasteiger partial charge < -0.3 is 15.4 Å². The summed E-state index contributed by atoms with van der Waals surface area (Å²) >= 11 is 0. The maximum Gasteiger partial charge on any atom is 0.272 e. The number of amides is 2. The van der Waals surface area contributed by atoms with Crippen LogP contribution in [0.15, 0.2) is 54.2 Å². The molecule has 0 aromatic heterocycles. The van der Waals surface area contributed by atoms with Gasteiger partial charge in [-0.2, -0.15) is 0 Å². The Hall–Kier alpha value is -3.08. The first-order chi connectivity index (χ1) is 13.3. The van der Waals surface area contributed by atoms with E-state index in [0.717, 1.165) is 23.3 Å². The number of anilines is 1. The number of carbonyl (C=O) groups excluding carboxylic acids is 2. The number of rotatable bonds is 8. The van der Waals surface area contributed by atoms with Crippen LogP contribution >= 0.6 is 0 Å². The van der Waals surface area contributed by atoms with Gasteiger partial charge in [-0.3, -0.25) is 9.59 Å². The zero-order valence-corrected chi connectivity index (χ0v) is 16.9. The highest BCUT2D eigenvalue weighted by Gasteiger charge is 2.12. The van der Waals surface area contributed by atoms with Crippen molar-refractivity contribution < 1.29 is 14.3 Å². The van der Waals surface area contributed by atoms with Crippen molar-refractivity contribution in [2.24, 2.45) is 5.92 Å². The van der Waals surface area contributed by atoms with Crippen LogP contribution in [-0.4, -0.2) is 18.4 Å². The van der Waals surface area contributed by atoms with Gasteiger partial charge in [-0.1, -0.05) is 38.1 Å².